The average Bonchev–Trinajstić information content (AvgIpc) is 2.67. The third-order valence-corrected chi connectivity index (χ3v) is 3.37. The Hall–Kier alpha value is -3.98. The molecule has 6 nitrogen and oxygen atoms in total. The smallest absolute Gasteiger partial charge is 0.354 e. The van der Waals surface area contributed by atoms with E-state index in [0.717, 1.165) is 5.56 Å². The minimum Gasteiger partial charge on any atom is -0.477 e. The molecule has 0 atom stereocenters. The molecule has 0 radical (unpaired) electrons. The van der Waals surface area contributed by atoms with Gasteiger partial charge >= 0.3 is 5.97 Å². The van der Waals surface area contributed by atoms with E-state index in [9.17, 15) is 9.59 Å². The van der Waals surface area contributed by atoms with Crippen LogP contribution in [0.25, 0.3) is 0 Å². The van der Waals surface area contributed by atoms with Gasteiger partial charge in [-0.25, -0.2) is 14.8 Å². The molecule has 0 fully saturated rings. The van der Waals surface area contributed by atoms with Crippen LogP contribution in [0.1, 0.15) is 32.1 Å². The third kappa shape index (κ3) is 4.30. The average molecular weight is 343 g/mol. The first-order valence-corrected chi connectivity index (χ1v) is 7.65. The Bertz CT molecular complexity index is 1000. The van der Waals surface area contributed by atoms with E-state index in [-0.39, 0.29) is 17.2 Å². The number of nitrogens with zero attached hydrogens (tertiary/aromatic N) is 2. The van der Waals surface area contributed by atoms with Crippen molar-refractivity contribution in [1.29, 1.82) is 0 Å². The number of carbonyl (C=O) groups excluding carboxylic acids is 1. The van der Waals surface area contributed by atoms with Gasteiger partial charge in [-0.2, -0.15) is 0 Å². The molecule has 3 aromatic rings. The highest BCUT2D eigenvalue weighted by Crippen LogP contribution is 2.12. The third-order valence-electron chi connectivity index (χ3n) is 3.37. The van der Waals surface area contributed by atoms with Gasteiger partial charge in [-0.3, -0.25) is 4.79 Å². The molecular formula is C20H13N3O3. The number of carbonyl (C=O) groups is 2. The van der Waals surface area contributed by atoms with Crippen molar-refractivity contribution in [1.82, 2.24) is 9.97 Å². The lowest BCUT2D eigenvalue weighted by Gasteiger charge is -2.05. The minimum absolute atomic E-state index is 0.117. The summed E-state index contributed by atoms with van der Waals surface area (Å²) in [4.78, 5) is 30.9. The largest absolute Gasteiger partial charge is 0.477 e. The van der Waals surface area contributed by atoms with Crippen molar-refractivity contribution in [3.8, 4) is 11.8 Å². The van der Waals surface area contributed by atoms with E-state index < -0.39 is 5.97 Å². The highest BCUT2D eigenvalue weighted by atomic mass is 16.4. The van der Waals surface area contributed by atoms with Crippen molar-refractivity contribution in [3.63, 3.8) is 0 Å². The minimum atomic E-state index is -1.14. The molecule has 126 valence electrons. The van der Waals surface area contributed by atoms with Crippen LogP contribution in [0, 0.1) is 11.8 Å². The fourth-order valence-electron chi connectivity index (χ4n) is 2.11. The molecule has 1 aromatic carbocycles. The van der Waals surface area contributed by atoms with Crippen LogP contribution in [0.2, 0.25) is 0 Å². The normalized spacial score (nSPS) is 9.69. The number of pyridine rings is 2. The molecule has 3 rings (SSSR count). The zero-order valence-corrected chi connectivity index (χ0v) is 13.5. The fraction of sp³-hybridized carbons (Fsp3) is 0. The van der Waals surface area contributed by atoms with Crippen LogP contribution in [0.3, 0.4) is 0 Å². The van der Waals surface area contributed by atoms with E-state index >= 15 is 0 Å². The lowest BCUT2D eigenvalue weighted by Crippen LogP contribution is -2.13. The number of rotatable bonds is 3. The maximum absolute atomic E-state index is 12.2. The summed E-state index contributed by atoms with van der Waals surface area (Å²) >= 11 is 0. The quantitative estimate of drug-likeness (QED) is 0.714. The van der Waals surface area contributed by atoms with Crippen molar-refractivity contribution in [2.24, 2.45) is 0 Å². The lowest BCUT2D eigenvalue weighted by molar-refractivity contribution is 0.0690. The summed E-state index contributed by atoms with van der Waals surface area (Å²) in [6.45, 7) is 0. The number of carboxylic acids is 1. The van der Waals surface area contributed by atoms with E-state index in [1.54, 1.807) is 24.4 Å². The summed E-state index contributed by atoms with van der Waals surface area (Å²) < 4.78 is 0. The second-order valence-electron chi connectivity index (χ2n) is 5.24. The second kappa shape index (κ2) is 7.73. The molecule has 0 aliphatic carbocycles. The van der Waals surface area contributed by atoms with E-state index in [4.69, 9.17) is 5.11 Å². The van der Waals surface area contributed by atoms with E-state index in [0.29, 0.717) is 11.4 Å². The topological polar surface area (TPSA) is 92.2 Å². The van der Waals surface area contributed by atoms with Gasteiger partial charge in [0.2, 0.25) is 0 Å². The molecule has 2 N–H and O–H groups in total. The molecule has 0 saturated carbocycles. The van der Waals surface area contributed by atoms with Crippen LogP contribution in [-0.2, 0) is 0 Å². The van der Waals surface area contributed by atoms with Gasteiger partial charge in [0, 0.05) is 23.6 Å². The van der Waals surface area contributed by atoms with Gasteiger partial charge < -0.3 is 10.4 Å². The first-order chi connectivity index (χ1) is 12.6. The highest BCUT2D eigenvalue weighted by Gasteiger charge is 2.09. The Labute approximate surface area is 149 Å². The molecule has 2 heterocycles. The van der Waals surface area contributed by atoms with Crippen LogP contribution in [-0.4, -0.2) is 27.0 Å². The van der Waals surface area contributed by atoms with Crippen LogP contribution >= 0.6 is 0 Å². The van der Waals surface area contributed by atoms with Gasteiger partial charge in [0.1, 0.15) is 11.4 Å². The Morgan fingerprint density at radius 1 is 0.962 bits per heavy atom. The van der Waals surface area contributed by atoms with Gasteiger partial charge in [-0.05, 0) is 48.4 Å². The molecule has 1 amide bonds. The zero-order chi connectivity index (χ0) is 18.4. The summed E-state index contributed by atoms with van der Waals surface area (Å²) in [5.41, 5.74) is 2.11. The van der Waals surface area contributed by atoms with Crippen molar-refractivity contribution in [3.05, 3.63) is 89.5 Å². The van der Waals surface area contributed by atoms with Gasteiger partial charge in [0.15, 0.2) is 0 Å². The van der Waals surface area contributed by atoms with Gasteiger partial charge in [-0.15, -0.1) is 0 Å². The standard InChI is InChI=1S/C20H13N3O3/c24-19(15-8-10-18(20(25)26)22-13-15)23-17-6-3-4-14(12-17)7-9-16-5-1-2-11-21-16/h1-6,8,10-13H,(H,23,24)(H,25,26). The number of nitrogens with one attached hydrogen (secondary N) is 1. The van der Waals surface area contributed by atoms with Gasteiger partial charge in [0.05, 0.1) is 5.56 Å². The maximum atomic E-state index is 12.2. The number of hydrogen-bond acceptors (Lipinski definition) is 4. The van der Waals surface area contributed by atoms with Gasteiger partial charge in [0.25, 0.3) is 5.91 Å². The number of aromatic nitrogens is 2. The molecule has 0 unspecified atom stereocenters. The second-order valence-corrected chi connectivity index (χ2v) is 5.24. The molecular weight excluding hydrogens is 330 g/mol. The van der Waals surface area contributed by atoms with Crippen molar-refractivity contribution < 1.29 is 14.7 Å². The van der Waals surface area contributed by atoms with Crippen molar-refractivity contribution in [2.75, 3.05) is 5.32 Å². The summed E-state index contributed by atoms with van der Waals surface area (Å²) in [5.74, 6) is 4.42. The number of benzene rings is 1. The summed E-state index contributed by atoms with van der Waals surface area (Å²) in [5, 5.41) is 11.6. The first kappa shape index (κ1) is 16.9. The molecule has 0 bridgehead atoms. The molecule has 0 spiro atoms. The van der Waals surface area contributed by atoms with E-state index in [2.05, 4.69) is 27.1 Å². The maximum Gasteiger partial charge on any atom is 0.354 e. The van der Waals surface area contributed by atoms with Crippen molar-refractivity contribution in [2.45, 2.75) is 0 Å². The summed E-state index contributed by atoms with van der Waals surface area (Å²) in [6.07, 6.45) is 2.90. The SMILES string of the molecule is O=C(Nc1cccc(C#Cc2ccccn2)c1)c1ccc(C(=O)O)nc1. The molecule has 0 aliphatic heterocycles. The fourth-order valence-corrected chi connectivity index (χ4v) is 2.11. The first-order valence-electron chi connectivity index (χ1n) is 7.65. The Kier molecular flexibility index (Phi) is 5.01. The number of aromatic carboxylic acids is 1. The molecule has 0 saturated heterocycles. The molecule has 6 heteroatoms. The molecule has 2 aromatic heterocycles. The number of anilines is 1. The van der Waals surface area contributed by atoms with Crippen molar-refractivity contribution >= 4 is 17.6 Å². The summed E-state index contributed by atoms with van der Waals surface area (Å²) in [7, 11) is 0. The Balaban J connectivity index is 1.73. The Morgan fingerprint density at radius 2 is 1.85 bits per heavy atom. The van der Waals surface area contributed by atoms with Crippen LogP contribution < -0.4 is 5.32 Å². The monoisotopic (exact) mass is 343 g/mol. The predicted octanol–water partition coefficient (Wildman–Crippen LogP) is 2.83. The zero-order valence-electron chi connectivity index (χ0n) is 13.5. The Morgan fingerprint density at radius 3 is 2.54 bits per heavy atom. The van der Waals surface area contributed by atoms with Gasteiger partial charge in [-0.1, -0.05) is 18.1 Å². The van der Waals surface area contributed by atoms with Crippen LogP contribution in [0.4, 0.5) is 5.69 Å². The molecule has 26 heavy (non-hydrogen) atoms. The number of hydrogen-bond donors (Lipinski definition) is 2. The number of carboxylic acid groups (broad SMARTS) is 1. The van der Waals surface area contributed by atoms with E-state index in [1.165, 1.54) is 18.3 Å². The van der Waals surface area contributed by atoms with E-state index in [1.807, 2.05) is 24.3 Å². The van der Waals surface area contributed by atoms with Crippen LogP contribution in [0.5, 0.6) is 0 Å². The lowest BCUT2D eigenvalue weighted by atomic mass is 10.2. The summed E-state index contributed by atoms with van der Waals surface area (Å²) in [6, 6.07) is 15.3. The molecule has 0 aliphatic rings. The van der Waals surface area contributed by atoms with Crippen LogP contribution in [0.15, 0.2) is 67.0 Å². The highest BCUT2D eigenvalue weighted by molar-refractivity contribution is 6.04. The number of amides is 1. The predicted molar refractivity (Wildman–Crippen MR) is 95.8 cm³/mol.